The van der Waals surface area contributed by atoms with Crippen LogP contribution in [0.5, 0.6) is 0 Å². The van der Waals surface area contributed by atoms with E-state index in [-0.39, 0.29) is 5.91 Å². The second-order valence-electron chi connectivity index (χ2n) is 4.47. The number of nitrogens with zero attached hydrogens (tertiary/aromatic N) is 1. The maximum absolute atomic E-state index is 11.8. The van der Waals surface area contributed by atoms with Crippen LogP contribution in [0, 0.1) is 5.92 Å². The molecule has 1 heterocycles. The van der Waals surface area contributed by atoms with Gasteiger partial charge in [-0.25, -0.2) is 0 Å². The van der Waals surface area contributed by atoms with Crippen molar-refractivity contribution in [2.24, 2.45) is 5.92 Å². The number of nitrogens with one attached hydrogen (secondary N) is 1. The fraction of sp³-hybridized carbons (Fsp3) is 0.615. The molecule has 4 heteroatoms. The second kappa shape index (κ2) is 7.56. The highest BCUT2D eigenvalue weighted by atomic mass is 32.2. The van der Waals surface area contributed by atoms with Crippen LogP contribution in [-0.2, 0) is 4.79 Å². The zero-order chi connectivity index (χ0) is 12.7. The Hall–Kier alpha value is -0.740. The Kier molecular flexibility index (Phi) is 6.37. The summed E-state index contributed by atoms with van der Waals surface area (Å²) in [6.45, 7) is 6.71. The molecule has 0 aromatic carbocycles. The molecule has 0 unspecified atom stereocenters. The smallest absolute Gasteiger partial charge is 0.251 e. The first-order chi connectivity index (χ1) is 8.17. The fourth-order valence-corrected chi connectivity index (χ4v) is 2.38. The van der Waals surface area contributed by atoms with Crippen molar-refractivity contribution in [2.45, 2.75) is 12.8 Å². The van der Waals surface area contributed by atoms with Gasteiger partial charge in [-0.3, -0.25) is 4.79 Å². The third-order valence-electron chi connectivity index (χ3n) is 3.12. The van der Waals surface area contributed by atoms with Crippen LogP contribution in [0.15, 0.2) is 23.6 Å². The molecule has 1 saturated heterocycles. The molecule has 0 saturated carbocycles. The van der Waals surface area contributed by atoms with Crippen molar-refractivity contribution >= 4 is 17.7 Å². The third kappa shape index (κ3) is 4.96. The van der Waals surface area contributed by atoms with Crippen LogP contribution >= 0.6 is 11.8 Å². The van der Waals surface area contributed by atoms with Gasteiger partial charge >= 0.3 is 0 Å². The summed E-state index contributed by atoms with van der Waals surface area (Å²) in [7, 11) is 2.14. The molecule has 1 amide bonds. The van der Waals surface area contributed by atoms with E-state index in [4.69, 9.17) is 0 Å². The van der Waals surface area contributed by atoms with Gasteiger partial charge in [0.1, 0.15) is 0 Å². The van der Waals surface area contributed by atoms with Crippen molar-refractivity contribution < 1.29 is 4.79 Å². The Bertz CT molecular complexity index is 294. The second-order valence-corrected chi connectivity index (χ2v) is 5.18. The zero-order valence-corrected chi connectivity index (χ0v) is 11.6. The monoisotopic (exact) mass is 254 g/mol. The molecular weight excluding hydrogens is 232 g/mol. The van der Waals surface area contributed by atoms with E-state index in [0.29, 0.717) is 11.5 Å². The summed E-state index contributed by atoms with van der Waals surface area (Å²) in [6.07, 6.45) is 5.90. The van der Waals surface area contributed by atoms with Crippen molar-refractivity contribution in [3.05, 3.63) is 23.6 Å². The Morgan fingerprint density at radius 3 is 2.71 bits per heavy atom. The van der Waals surface area contributed by atoms with Crippen LogP contribution in [0.2, 0.25) is 0 Å². The number of carbonyl (C=O) groups is 1. The average molecular weight is 254 g/mol. The SMILES string of the molecule is C=C/C(=C\SC)C(=O)NCC1CCN(C)CC1. The summed E-state index contributed by atoms with van der Waals surface area (Å²) < 4.78 is 0. The fourth-order valence-electron chi connectivity index (χ4n) is 1.93. The maximum Gasteiger partial charge on any atom is 0.251 e. The molecular formula is C13H22N2OS. The van der Waals surface area contributed by atoms with Crippen LogP contribution in [0.25, 0.3) is 0 Å². The molecule has 0 radical (unpaired) electrons. The van der Waals surface area contributed by atoms with Gasteiger partial charge in [-0.2, -0.15) is 0 Å². The first-order valence-electron chi connectivity index (χ1n) is 5.99. The molecule has 0 spiro atoms. The zero-order valence-electron chi connectivity index (χ0n) is 10.7. The Morgan fingerprint density at radius 2 is 2.18 bits per heavy atom. The topological polar surface area (TPSA) is 32.3 Å². The minimum Gasteiger partial charge on any atom is -0.352 e. The molecule has 1 rings (SSSR count). The van der Waals surface area contributed by atoms with E-state index in [1.54, 1.807) is 6.08 Å². The minimum atomic E-state index is -0.00622. The van der Waals surface area contributed by atoms with E-state index in [9.17, 15) is 4.79 Å². The lowest BCUT2D eigenvalue weighted by Gasteiger charge is -2.28. The molecule has 3 nitrogen and oxygen atoms in total. The van der Waals surface area contributed by atoms with Gasteiger partial charge in [0, 0.05) is 12.1 Å². The summed E-state index contributed by atoms with van der Waals surface area (Å²) in [5.74, 6) is 0.615. The van der Waals surface area contributed by atoms with Gasteiger partial charge in [-0.05, 0) is 50.6 Å². The largest absolute Gasteiger partial charge is 0.352 e. The average Bonchev–Trinajstić information content (AvgIpc) is 2.35. The number of hydrogen-bond acceptors (Lipinski definition) is 3. The molecule has 1 fully saturated rings. The third-order valence-corrected chi connectivity index (χ3v) is 3.61. The summed E-state index contributed by atoms with van der Waals surface area (Å²) in [5, 5.41) is 4.82. The predicted molar refractivity (Wildman–Crippen MR) is 75.0 cm³/mol. The molecule has 0 atom stereocenters. The van der Waals surface area contributed by atoms with Gasteiger partial charge in [0.15, 0.2) is 0 Å². The summed E-state index contributed by atoms with van der Waals surface area (Å²) in [4.78, 5) is 14.1. The van der Waals surface area contributed by atoms with E-state index in [1.807, 2.05) is 11.7 Å². The van der Waals surface area contributed by atoms with E-state index >= 15 is 0 Å². The van der Waals surface area contributed by atoms with Gasteiger partial charge in [0.2, 0.25) is 0 Å². The van der Waals surface area contributed by atoms with Crippen molar-refractivity contribution in [3.8, 4) is 0 Å². The molecule has 17 heavy (non-hydrogen) atoms. The Balaban J connectivity index is 2.32. The van der Waals surface area contributed by atoms with Crippen LogP contribution in [0.4, 0.5) is 0 Å². The van der Waals surface area contributed by atoms with E-state index in [2.05, 4.69) is 23.8 Å². The molecule has 1 aliphatic rings. The van der Waals surface area contributed by atoms with Crippen LogP contribution in [0.1, 0.15) is 12.8 Å². The molecule has 0 bridgehead atoms. The number of piperidine rings is 1. The molecule has 0 aromatic heterocycles. The maximum atomic E-state index is 11.8. The summed E-state index contributed by atoms with van der Waals surface area (Å²) >= 11 is 1.52. The standard InChI is InChI=1S/C13H22N2OS/c1-4-12(10-17-3)13(16)14-9-11-5-7-15(2)8-6-11/h4,10-11H,1,5-9H2,2-3H3,(H,14,16)/b12-10+. The highest BCUT2D eigenvalue weighted by Gasteiger charge is 2.17. The first kappa shape index (κ1) is 14.3. The number of hydrogen-bond donors (Lipinski definition) is 1. The van der Waals surface area contributed by atoms with Crippen molar-refractivity contribution in [1.82, 2.24) is 10.2 Å². The molecule has 1 aliphatic heterocycles. The molecule has 1 N–H and O–H groups in total. The van der Waals surface area contributed by atoms with Crippen molar-refractivity contribution in [2.75, 3.05) is 32.9 Å². The summed E-state index contributed by atoms with van der Waals surface area (Å²) in [5.41, 5.74) is 0.658. The van der Waals surface area contributed by atoms with Crippen LogP contribution in [0.3, 0.4) is 0 Å². The molecule has 0 aliphatic carbocycles. The van der Waals surface area contributed by atoms with Gasteiger partial charge in [-0.1, -0.05) is 12.7 Å². The van der Waals surface area contributed by atoms with E-state index in [0.717, 1.165) is 19.6 Å². The quantitative estimate of drug-likeness (QED) is 0.600. The Labute approximate surface area is 108 Å². The first-order valence-corrected chi connectivity index (χ1v) is 7.28. The minimum absolute atomic E-state index is 0.00622. The van der Waals surface area contributed by atoms with Crippen LogP contribution in [-0.4, -0.2) is 43.7 Å². The molecule has 0 aromatic rings. The normalized spacial score (nSPS) is 19.1. The van der Waals surface area contributed by atoms with Crippen molar-refractivity contribution in [3.63, 3.8) is 0 Å². The van der Waals surface area contributed by atoms with E-state index in [1.165, 1.54) is 24.6 Å². The van der Waals surface area contributed by atoms with Crippen molar-refractivity contribution in [1.29, 1.82) is 0 Å². The van der Waals surface area contributed by atoms with Gasteiger partial charge in [0.05, 0.1) is 0 Å². The number of amides is 1. The number of thioether (sulfide) groups is 1. The number of rotatable bonds is 5. The van der Waals surface area contributed by atoms with Crippen LogP contribution < -0.4 is 5.32 Å². The number of carbonyl (C=O) groups excluding carboxylic acids is 1. The van der Waals surface area contributed by atoms with E-state index < -0.39 is 0 Å². The van der Waals surface area contributed by atoms with Gasteiger partial charge in [-0.15, -0.1) is 11.8 Å². The lowest BCUT2D eigenvalue weighted by Crippen LogP contribution is -2.37. The predicted octanol–water partition coefficient (Wildman–Crippen LogP) is 1.88. The van der Waals surface area contributed by atoms with Gasteiger partial charge in [0.25, 0.3) is 5.91 Å². The van der Waals surface area contributed by atoms with Gasteiger partial charge < -0.3 is 10.2 Å². The lowest BCUT2D eigenvalue weighted by molar-refractivity contribution is -0.117. The molecule has 96 valence electrons. The summed E-state index contributed by atoms with van der Waals surface area (Å²) in [6, 6.07) is 0. The highest BCUT2D eigenvalue weighted by Crippen LogP contribution is 2.15. The highest BCUT2D eigenvalue weighted by molar-refractivity contribution is 8.01. The number of likely N-dealkylation sites (tertiary alicyclic amines) is 1. The lowest BCUT2D eigenvalue weighted by atomic mass is 9.97. The Morgan fingerprint density at radius 1 is 1.53 bits per heavy atom.